The van der Waals surface area contributed by atoms with Crippen LogP contribution in [-0.4, -0.2) is 38.8 Å². The number of amides is 1. The highest BCUT2D eigenvalue weighted by Gasteiger charge is 2.35. The fourth-order valence-electron chi connectivity index (χ4n) is 3.95. The molecule has 0 aliphatic carbocycles. The first kappa shape index (κ1) is 20.1. The Hall–Kier alpha value is -3.23. The lowest BCUT2D eigenvalue weighted by molar-refractivity contribution is -0.136. The first-order valence-corrected chi connectivity index (χ1v) is 9.55. The summed E-state index contributed by atoms with van der Waals surface area (Å²) in [6.45, 7) is 2.38. The lowest BCUT2D eigenvalue weighted by Gasteiger charge is -2.33. The quantitative estimate of drug-likeness (QED) is 0.692. The van der Waals surface area contributed by atoms with Gasteiger partial charge < -0.3 is 9.88 Å². The molecule has 1 amide bonds. The third kappa shape index (κ3) is 3.79. The molecule has 3 aromatic heterocycles. The van der Waals surface area contributed by atoms with Crippen LogP contribution in [0.15, 0.2) is 41.5 Å². The second-order valence-corrected chi connectivity index (χ2v) is 7.46. The molecule has 1 aliphatic heterocycles. The second kappa shape index (κ2) is 7.55. The molecule has 1 atom stereocenters. The van der Waals surface area contributed by atoms with Crippen molar-refractivity contribution in [1.82, 2.24) is 19.9 Å². The zero-order chi connectivity index (χ0) is 21.5. The van der Waals surface area contributed by atoms with E-state index in [1.54, 1.807) is 23.2 Å². The van der Waals surface area contributed by atoms with Gasteiger partial charge in [-0.3, -0.25) is 19.6 Å². The van der Waals surface area contributed by atoms with Crippen LogP contribution >= 0.6 is 0 Å². The molecule has 0 bridgehead atoms. The maximum Gasteiger partial charge on any atom is 0.417 e. The predicted octanol–water partition coefficient (Wildman–Crippen LogP) is 3.67. The van der Waals surface area contributed by atoms with E-state index in [2.05, 4.69) is 15.0 Å². The maximum absolute atomic E-state index is 13.4. The van der Waals surface area contributed by atoms with Gasteiger partial charge in [-0.2, -0.15) is 13.2 Å². The number of carbonyl (C=O) groups is 1. The number of H-pyrrole nitrogens is 1. The standard InChI is InChI=1S/C21H19F3N4O2/c1-12-8-15(21(22,23)24)18-17(26-12)9-16(27-19(18)29)14-5-3-7-28(11-14)20(30)13-4-2-6-25-10-13/h2,4,6,8-10,14H,3,5,7,11H2,1H3,(H,27,29). The summed E-state index contributed by atoms with van der Waals surface area (Å²) in [4.78, 5) is 37.7. The second-order valence-electron chi connectivity index (χ2n) is 7.46. The molecule has 0 saturated carbocycles. The summed E-state index contributed by atoms with van der Waals surface area (Å²) in [5.74, 6) is -0.364. The van der Waals surface area contributed by atoms with E-state index >= 15 is 0 Å². The highest BCUT2D eigenvalue weighted by Crippen LogP contribution is 2.34. The van der Waals surface area contributed by atoms with Gasteiger partial charge in [-0.1, -0.05) is 0 Å². The summed E-state index contributed by atoms with van der Waals surface area (Å²) >= 11 is 0. The van der Waals surface area contributed by atoms with Crippen LogP contribution in [0.25, 0.3) is 10.9 Å². The minimum absolute atomic E-state index is 0.0109. The van der Waals surface area contributed by atoms with Gasteiger partial charge in [-0.25, -0.2) is 0 Å². The molecule has 0 spiro atoms. The van der Waals surface area contributed by atoms with Crippen LogP contribution in [0.1, 0.15) is 46.1 Å². The maximum atomic E-state index is 13.4. The lowest BCUT2D eigenvalue weighted by atomic mass is 9.93. The van der Waals surface area contributed by atoms with E-state index in [0.717, 1.165) is 6.07 Å². The van der Waals surface area contributed by atoms with Crippen LogP contribution in [0.5, 0.6) is 0 Å². The third-order valence-corrected chi connectivity index (χ3v) is 5.31. The van der Waals surface area contributed by atoms with Crippen molar-refractivity contribution in [2.45, 2.75) is 31.9 Å². The van der Waals surface area contributed by atoms with Crippen molar-refractivity contribution in [3.8, 4) is 0 Å². The number of aromatic nitrogens is 3. The normalized spacial score (nSPS) is 17.3. The molecule has 30 heavy (non-hydrogen) atoms. The summed E-state index contributed by atoms with van der Waals surface area (Å²) in [5.41, 5.74) is -0.660. The number of piperidine rings is 1. The molecule has 6 nitrogen and oxygen atoms in total. The van der Waals surface area contributed by atoms with Crippen molar-refractivity contribution >= 4 is 16.8 Å². The van der Waals surface area contributed by atoms with Crippen molar-refractivity contribution in [2.24, 2.45) is 0 Å². The van der Waals surface area contributed by atoms with Crippen LogP contribution in [0.2, 0.25) is 0 Å². The number of pyridine rings is 3. The molecule has 1 saturated heterocycles. The molecule has 3 aromatic rings. The zero-order valence-corrected chi connectivity index (χ0v) is 16.2. The predicted molar refractivity (Wildman–Crippen MR) is 104 cm³/mol. The van der Waals surface area contributed by atoms with Gasteiger partial charge in [0.25, 0.3) is 11.5 Å². The summed E-state index contributed by atoms with van der Waals surface area (Å²) in [7, 11) is 0. The number of fused-ring (bicyclic) bond motifs is 1. The Morgan fingerprint density at radius 1 is 1.30 bits per heavy atom. The summed E-state index contributed by atoms with van der Waals surface area (Å²) < 4.78 is 40.2. The molecule has 4 heterocycles. The van der Waals surface area contributed by atoms with Crippen LogP contribution in [0.4, 0.5) is 13.2 Å². The van der Waals surface area contributed by atoms with Crippen molar-refractivity contribution in [2.75, 3.05) is 13.1 Å². The minimum Gasteiger partial charge on any atom is -0.338 e. The third-order valence-electron chi connectivity index (χ3n) is 5.31. The number of alkyl halides is 3. The number of rotatable bonds is 2. The summed E-state index contributed by atoms with van der Waals surface area (Å²) in [6.07, 6.45) is -0.157. The molecule has 0 aromatic carbocycles. The van der Waals surface area contributed by atoms with Gasteiger partial charge in [0.15, 0.2) is 0 Å². The largest absolute Gasteiger partial charge is 0.417 e. The van der Waals surface area contributed by atoms with Crippen molar-refractivity contribution in [3.05, 3.63) is 69.5 Å². The van der Waals surface area contributed by atoms with Crippen molar-refractivity contribution < 1.29 is 18.0 Å². The fourth-order valence-corrected chi connectivity index (χ4v) is 3.95. The fraction of sp³-hybridized carbons (Fsp3) is 0.333. The zero-order valence-electron chi connectivity index (χ0n) is 16.2. The summed E-state index contributed by atoms with van der Waals surface area (Å²) in [5, 5.41) is -0.462. The number of likely N-dealkylation sites (tertiary alicyclic amines) is 1. The van der Waals surface area contributed by atoms with E-state index in [1.165, 1.54) is 19.2 Å². The SMILES string of the molecule is Cc1cc(C(F)(F)F)c2c(=O)[nH]c(C3CCCN(C(=O)c4cccnc4)C3)cc2n1. The van der Waals surface area contributed by atoms with Crippen LogP contribution in [0, 0.1) is 6.92 Å². The first-order valence-electron chi connectivity index (χ1n) is 9.55. The Balaban J connectivity index is 1.69. The average Bonchev–Trinajstić information content (AvgIpc) is 2.72. The number of hydrogen-bond donors (Lipinski definition) is 1. The minimum atomic E-state index is -4.65. The van der Waals surface area contributed by atoms with E-state index in [9.17, 15) is 22.8 Å². The number of carbonyl (C=O) groups excluding carboxylic acids is 1. The number of nitrogens with one attached hydrogen (secondary N) is 1. The van der Waals surface area contributed by atoms with E-state index in [-0.39, 0.29) is 23.0 Å². The van der Waals surface area contributed by atoms with Gasteiger partial charge in [0.2, 0.25) is 0 Å². The Kier molecular flexibility index (Phi) is 5.05. The Morgan fingerprint density at radius 2 is 2.10 bits per heavy atom. The van der Waals surface area contributed by atoms with E-state index in [1.807, 2.05) is 0 Å². The van der Waals surface area contributed by atoms with Gasteiger partial charge in [-0.05, 0) is 44.0 Å². The van der Waals surface area contributed by atoms with Crippen molar-refractivity contribution in [1.29, 1.82) is 0 Å². The Morgan fingerprint density at radius 3 is 2.80 bits per heavy atom. The number of aryl methyl sites for hydroxylation is 1. The number of halogens is 3. The molecule has 1 fully saturated rings. The van der Waals surface area contributed by atoms with E-state index in [4.69, 9.17) is 0 Å². The molecule has 9 heteroatoms. The molecule has 1 aliphatic rings. The number of aromatic amines is 1. The van der Waals surface area contributed by atoms with Gasteiger partial charge >= 0.3 is 6.18 Å². The molecule has 1 N–H and O–H groups in total. The Bertz CT molecular complexity index is 1160. The van der Waals surface area contributed by atoms with Gasteiger partial charge in [0.05, 0.1) is 22.0 Å². The average molecular weight is 416 g/mol. The van der Waals surface area contributed by atoms with Gasteiger partial charge in [0.1, 0.15) is 0 Å². The Labute approximate surface area is 169 Å². The summed E-state index contributed by atoms with van der Waals surface area (Å²) in [6, 6.07) is 5.75. The highest BCUT2D eigenvalue weighted by atomic mass is 19.4. The van der Waals surface area contributed by atoms with Crippen LogP contribution in [-0.2, 0) is 6.18 Å². The number of hydrogen-bond acceptors (Lipinski definition) is 4. The first-order chi connectivity index (χ1) is 14.2. The van der Waals surface area contributed by atoms with E-state index < -0.39 is 22.7 Å². The smallest absolute Gasteiger partial charge is 0.338 e. The molecule has 1 unspecified atom stereocenters. The van der Waals surface area contributed by atoms with Gasteiger partial charge in [0, 0.05) is 42.8 Å². The molecule has 0 radical (unpaired) electrons. The van der Waals surface area contributed by atoms with Crippen LogP contribution < -0.4 is 5.56 Å². The topological polar surface area (TPSA) is 79.0 Å². The lowest BCUT2D eigenvalue weighted by Crippen LogP contribution is -2.39. The van der Waals surface area contributed by atoms with Crippen LogP contribution in [0.3, 0.4) is 0 Å². The molecule has 4 rings (SSSR count). The van der Waals surface area contributed by atoms with Gasteiger partial charge in [-0.15, -0.1) is 0 Å². The molecular weight excluding hydrogens is 397 g/mol. The molecular formula is C21H19F3N4O2. The van der Waals surface area contributed by atoms with Crippen molar-refractivity contribution in [3.63, 3.8) is 0 Å². The highest BCUT2D eigenvalue weighted by molar-refractivity contribution is 5.94. The monoisotopic (exact) mass is 416 g/mol. The molecule has 156 valence electrons. The number of nitrogens with zero attached hydrogens (tertiary/aromatic N) is 3. The van der Waals surface area contributed by atoms with E-state index in [0.29, 0.717) is 37.2 Å².